The molecule has 1 amide bonds. The first kappa shape index (κ1) is 19.9. The summed E-state index contributed by atoms with van der Waals surface area (Å²) in [6.07, 6.45) is 10.2. The maximum atomic E-state index is 13.7. The molecule has 4 rings (SSSR count). The SMILES string of the molecule is CCCCCCCCCC(=O)[N+]1(c2cc3ccccc3[nH]2)CCc2ccccc21. The Morgan fingerprint density at radius 1 is 0.931 bits per heavy atom. The first-order valence-corrected chi connectivity index (χ1v) is 11.3. The van der Waals surface area contributed by atoms with Crippen LogP contribution < -0.4 is 4.48 Å². The average molecular weight is 390 g/mol. The number of amides is 1. The van der Waals surface area contributed by atoms with Gasteiger partial charge in [-0.25, -0.2) is 4.79 Å². The van der Waals surface area contributed by atoms with Crippen molar-refractivity contribution in [3.8, 4) is 0 Å². The summed E-state index contributed by atoms with van der Waals surface area (Å²) in [7, 11) is 0. The Labute approximate surface area is 174 Å². The predicted octanol–water partition coefficient (Wildman–Crippen LogP) is 7.03. The number of para-hydroxylation sites is 2. The summed E-state index contributed by atoms with van der Waals surface area (Å²) >= 11 is 0. The lowest BCUT2D eigenvalue weighted by Crippen LogP contribution is -2.48. The Kier molecular flexibility index (Phi) is 6.15. The molecule has 3 aromatic rings. The highest BCUT2D eigenvalue weighted by Crippen LogP contribution is 2.44. The van der Waals surface area contributed by atoms with Gasteiger partial charge in [-0.1, -0.05) is 81.8 Å². The average Bonchev–Trinajstić information content (AvgIpc) is 3.35. The lowest BCUT2D eigenvalue weighted by Gasteiger charge is -2.30. The van der Waals surface area contributed by atoms with Crippen molar-refractivity contribution in [3.05, 3.63) is 60.2 Å². The highest BCUT2D eigenvalue weighted by atomic mass is 16.2. The highest BCUT2D eigenvalue weighted by molar-refractivity contribution is 5.98. The fourth-order valence-electron chi connectivity index (χ4n) is 4.83. The van der Waals surface area contributed by atoms with Crippen LogP contribution in [0, 0.1) is 0 Å². The number of carbonyl (C=O) groups is 1. The molecule has 0 spiro atoms. The molecule has 1 aliphatic rings. The van der Waals surface area contributed by atoms with Gasteiger partial charge in [-0.3, -0.25) is 0 Å². The zero-order chi connectivity index (χ0) is 20.1. The van der Waals surface area contributed by atoms with Gasteiger partial charge in [0.15, 0.2) is 0 Å². The molecule has 2 heterocycles. The number of fused-ring (bicyclic) bond motifs is 2. The maximum Gasteiger partial charge on any atom is 0.325 e. The van der Waals surface area contributed by atoms with E-state index >= 15 is 0 Å². The molecule has 152 valence electrons. The second kappa shape index (κ2) is 8.96. The van der Waals surface area contributed by atoms with Crippen molar-refractivity contribution in [1.82, 2.24) is 9.47 Å². The minimum atomic E-state index is 0.329. The maximum absolute atomic E-state index is 13.7. The number of hydrogen-bond donors (Lipinski definition) is 1. The van der Waals surface area contributed by atoms with Crippen LogP contribution in [0.2, 0.25) is 0 Å². The number of quaternary nitrogens is 1. The summed E-state index contributed by atoms with van der Waals surface area (Å²) in [5.74, 6) is 1.35. The smallest absolute Gasteiger partial charge is 0.310 e. The summed E-state index contributed by atoms with van der Waals surface area (Å²) in [4.78, 5) is 17.3. The van der Waals surface area contributed by atoms with Gasteiger partial charge in [-0.2, -0.15) is 4.48 Å². The lowest BCUT2D eigenvalue weighted by molar-refractivity contribution is -0.127. The molecular weight excluding hydrogens is 356 g/mol. The number of aromatic amines is 1. The van der Waals surface area contributed by atoms with Crippen LogP contribution in [0.25, 0.3) is 10.9 Å². The molecule has 1 N–H and O–H groups in total. The molecule has 0 saturated carbocycles. The van der Waals surface area contributed by atoms with Crippen LogP contribution in [-0.4, -0.2) is 17.4 Å². The van der Waals surface area contributed by atoms with Gasteiger partial charge in [0, 0.05) is 29.5 Å². The molecular formula is C26H33N2O+. The van der Waals surface area contributed by atoms with Gasteiger partial charge in [-0.05, 0) is 12.5 Å². The van der Waals surface area contributed by atoms with Crippen molar-refractivity contribution in [1.29, 1.82) is 0 Å². The van der Waals surface area contributed by atoms with Crippen LogP contribution in [0.4, 0.5) is 11.5 Å². The van der Waals surface area contributed by atoms with E-state index in [2.05, 4.69) is 60.4 Å². The van der Waals surface area contributed by atoms with Gasteiger partial charge >= 0.3 is 5.91 Å². The van der Waals surface area contributed by atoms with Crippen LogP contribution in [-0.2, 0) is 11.2 Å². The second-order valence-electron chi connectivity index (χ2n) is 8.42. The predicted molar refractivity (Wildman–Crippen MR) is 122 cm³/mol. The second-order valence-corrected chi connectivity index (χ2v) is 8.42. The summed E-state index contributed by atoms with van der Waals surface area (Å²) < 4.78 is 0.348. The molecule has 0 radical (unpaired) electrons. The Bertz CT molecular complexity index is 941. The molecule has 3 nitrogen and oxygen atoms in total. The number of aromatic nitrogens is 1. The van der Waals surface area contributed by atoms with Crippen molar-refractivity contribution in [2.75, 3.05) is 6.54 Å². The Hall–Kier alpha value is -2.39. The van der Waals surface area contributed by atoms with Gasteiger partial charge in [0.25, 0.3) is 0 Å². The van der Waals surface area contributed by atoms with E-state index in [0.717, 1.165) is 42.8 Å². The van der Waals surface area contributed by atoms with E-state index in [0.29, 0.717) is 16.8 Å². The minimum absolute atomic E-state index is 0.329. The number of benzene rings is 2. The van der Waals surface area contributed by atoms with Crippen LogP contribution in [0.15, 0.2) is 54.6 Å². The molecule has 1 atom stereocenters. The number of hydrogen-bond acceptors (Lipinski definition) is 1. The Morgan fingerprint density at radius 2 is 1.66 bits per heavy atom. The number of carbonyl (C=O) groups excluding carboxylic acids is 1. The van der Waals surface area contributed by atoms with E-state index < -0.39 is 0 Å². The number of H-pyrrole nitrogens is 1. The van der Waals surface area contributed by atoms with Crippen molar-refractivity contribution >= 4 is 28.3 Å². The van der Waals surface area contributed by atoms with E-state index in [1.165, 1.54) is 43.1 Å². The molecule has 0 aliphatic carbocycles. The fourth-order valence-corrected chi connectivity index (χ4v) is 4.83. The van der Waals surface area contributed by atoms with Crippen molar-refractivity contribution in [2.24, 2.45) is 0 Å². The molecule has 0 bridgehead atoms. The molecule has 3 heteroatoms. The van der Waals surface area contributed by atoms with Gasteiger partial charge in [0.05, 0.1) is 11.9 Å². The minimum Gasteiger partial charge on any atom is -0.310 e. The summed E-state index contributed by atoms with van der Waals surface area (Å²) in [5.41, 5.74) is 3.57. The van der Waals surface area contributed by atoms with Crippen molar-refractivity contribution in [2.45, 2.75) is 64.7 Å². The third-order valence-corrected chi connectivity index (χ3v) is 6.47. The molecule has 0 fully saturated rings. The molecule has 0 saturated heterocycles. The third-order valence-electron chi connectivity index (χ3n) is 6.47. The van der Waals surface area contributed by atoms with Gasteiger partial charge in [-0.15, -0.1) is 0 Å². The summed E-state index contributed by atoms with van der Waals surface area (Å²) in [6, 6.07) is 19.0. The van der Waals surface area contributed by atoms with Crippen LogP contribution in [0.1, 0.15) is 63.9 Å². The molecule has 2 aromatic carbocycles. The number of nitrogens with zero attached hydrogens (tertiary/aromatic N) is 1. The Morgan fingerprint density at radius 3 is 2.48 bits per heavy atom. The van der Waals surface area contributed by atoms with E-state index in [4.69, 9.17) is 0 Å². The number of nitrogens with one attached hydrogen (secondary N) is 1. The van der Waals surface area contributed by atoms with Gasteiger partial charge in [0.1, 0.15) is 12.2 Å². The third kappa shape index (κ3) is 3.89. The zero-order valence-electron chi connectivity index (χ0n) is 17.6. The normalized spacial score (nSPS) is 18.2. The summed E-state index contributed by atoms with van der Waals surface area (Å²) in [6.45, 7) is 3.07. The summed E-state index contributed by atoms with van der Waals surface area (Å²) in [5, 5.41) is 1.17. The van der Waals surface area contributed by atoms with Crippen LogP contribution in [0.3, 0.4) is 0 Å². The van der Waals surface area contributed by atoms with Crippen LogP contribution >= 0.6 is 0 Å². The largest absolute Gasteiger partial charge is 0.325 e. The number of rotatable bonds is 9. The van der Waals surface area contributed by atoms with E-state index in [1.54, 1.807) is 0 Å². The molecule has 1 aromatic heterocycles. The molecule has 1 aliphatic heterocycles. The Balaban J connectivity index is 1.56. The van der Waals surface area contributed by atoms with Gasteiger partial charge in [0.2, 0.25) is 5.82 Å². The van der Waals surface area contributed by atoms with E-state index in [1.807, 2.05) is 6.07 Å². The molecule has 29 heavy (non-hydrogen) atoms. The van der Waals surface area contributed by atoms with E-state index in [9.17, 15) is 4.79 Å². The first-order valence-electron chi connectivity index (χ1n) is 11.3. The highest BCUT2D eigenvalue weighted by Gasteiger charge is 2.47. The number of unbranched alkanes of at least 4 members (excludes halogenated alkanes) is 6. The van der Waals surface area contributed by atoms with Crippen molar-refractivity contribution < 1.29 is 4.79 Å². The van der Waals surface area contributed by atoms with Gasteiger partial charge < -0.3 is 4.98 Å². The van der Waals surface area contributed by atoms with E-state index in [-0.39, 0.29) is 0 Å². The lowest BCUT2D eigenvalue weighted by atomic mass is 10.1. The zero-order valence-corrected chi connectivity index (χ0v) is 17.6. The molecule has 1 unspecified atom stereocenters. The fraction of sp³-hybridized carbons (Fsp3) is 0.423. The monoisotopic (exact) mass is 389 g/mol. The van der Waals surface area contributed by atoms with Crippen LogP contribution in [0.5, 0.6) is 0 Å². The standard InChI is InChI=1S/C26H33N2O/c1-2-3-4-5-6-7-8-17-26(29)28(19-18-21-13-10-12-16-24(21)28)25-20-22-14-9-11-15-23(22)27-25/h9-16,20,27H,2-8,17-19H2,1H3/q+1. The topological polar surface area (TPSA) is 32.9 Å². The quantitative estimate of drug-likeness (QED) is 0.309. The van der Waals surface area contributed by atoms with Crippen molar-refractivity contribution in [3.63, 3.8) is 0 Å². The first-order chi connectivity index (χ1) is 14.3.